The van der Waals surface area contributed by atoms with Crippen LogP contribution in [0.2, 0.25) is 0 Å². The summed E-state index contributed by atoms with van der Waals surface area (Å²) in [5.41, 5.74) is 0.282. The fourth-order valence-electron chi connectivity index (χ4n) is 3.01. The Hall–Kier alpha value is -3.12. The molecule has 3 aromatic rings. The molecule has 1 aliphatic rings. The van der Waals surface area contributed by atoms with Crippen LogP contribution in [-0.4, -0.2) is 65.7 Å². The van der Waals surface area contributed by atoms with E-state index in [2.05, 4.69) is 20.3 Å². The van der Waals surface area contributed by atoms with E-state index in [1.165, 1.54) is 10.9 Å². The van der Waals surface area contributed by atoms with Gasteiger partial charge in [-0.15, -0.1) is 0 Å². The first-order valence-corrected chi connectivity index (χ1v) is 8.40. The largest absolute Gasteiger partial charge is 0.394 e. The fraction of sp³-hybridized carbons (Fsp3) is 0.294. The molecule has 1 fully saturated rings. The van der Waals surface area contributed by atoms with Crippen molar-refractivity contribution >= 4 is 23.0 Å². The Morgan fingerprint density at radius 1 is 1.18 bits per heavy atom. The second kappa shape index (κ2) is 7.13. The van der Waals surface area contributed by atoms with E-state index in [0.29, 0.717) is 5.56 Å². The van der Waals surface area contributed by atoms with E-state index in [4.69, 9.17) is 4.74 Å². The summed E-state index contributed by atoms with van der Waals surface area (Å²) < 4.78 is 6.69. The number of imidazole rings is 1. The number of carbonyl (C=O) groups excluding carboxylic acids is 1. The minimum Gasteiger partial charge on any atom is -0.394 e. The second-order valence-corrected chi connectivity index (χ2v) is 6.23. The average Bonchev–Trinajstić information content (AvgIpc) is 3.24. The number of aromatic nitrogens is 4. The van der Waals surface area contributed by atoms with Crippen LogP contribution in [0.15, 0.2) is 36.7 Å². The highest BCUT2D eigenvalue weighted by Crippen LogP contribution is 2.33. The molecule has 3 heterocycles. The number of amides is 1. The molecule has 4 N–H and O–H groups in total. The number of anilines is 1. The number of benzene rings is 1. The van der Waals surface area contributed by atoms with Crippen LogP contribution in [0.3, 0.4) is 0 Å². The van der Waals surface area contributed by atoms with Gasteiger partial charge in [-0.1, -0.05) is 18.2 Å². The van der Waals surface area contributed by atoms with Crippen molar-refractivity contribution in [2.24, 2.45) is 0 Å². The third-order valence-corrected chi connectivity index (χ3v) is 4.44. The minimum atomic E-state index is -1.37. The Morgan fingerprint density at radius 3 is 2.61 bits per heavy atom. The third kappa shape index (κ3) is 3.05. The SMILES string of the molecule is [O]c1nc(NC(=O)c2ccccc2)nc2c1ncn2C1OC(CO)C(O)C1O. The number of aliphatic hydroxyl groups excluding tert-OH is 3. The van der Waals surface area contributed by atoms with Crippen LogP contribution in [0.25, 0.3) is 11.2 Å². The third-order valence-electron chi connectivity index (χ3n) is 4.44. The molecule has 1 aromatic carbocycles. The summed E-state index contributed by atoms with van der Waals surface area (Å²) in [6, 6.07) is 8.32. The van der Waals surface area contributed by atoms with Gasteiger partial charge in [0.05, 0.1) is 12.9 Å². The van der Waals surface area contributed by atoms with E-state index in [-0.39, 0.29) is 17.1 Å². The van der Waals surface area contributed by atoms with E-state index >= 15 is 0 Å². The van der Waals surface area contributed by atoms with Crippen LogP contribution in [0.1, 0.15) is 16.6 Å². The van der Waals surface area contributed by atoms with Gasteiger partial charge in [0.1, 0.15) is 18.3 Å². The lowest BCUT2D eigenvalue weighted by Gasteiger charge is -2.16. The topological polar surface area (TPSA) is 163 Å². The number of fused-ring (bicyclic) bond motifs is 1. The van der Waals surface area contributed by atoms with Crippen LogP contribution >= 0.6 is 0 Å². The molecule has 145 valence electrons. The summed E-state index contributed by atoms with van der Waals surface area (Å²) in [5.74, 6) is -1.46. The Balaban J connectivity index is 1.68. The first kappa shape index (κ1) is 18.3. The van der Waals surface area contributed by atoms with Crippen molar-refractivity contribution in [3.63, 3.8) is 0 Å². The molecule has 11 heteroatoms. The first-order valence-electron chi connectivity index (χ1n) is 8.40. The lowest BCUT2D eigenvalue weighted by Crippen LogP contribution is -2.33. The van der Waals surface area contributed by atoms with Crippen molar-refractivity contribution in [3.05, 3.63) is 42.2 Å². The highest BCUT2D eigenvalue weighted by atomic mass is 16.6. The number of aliphatic hydroxyl groups is 3. The van der Waals surface area contributed by atoms with Gasteiger partial charge in [-0.05, 0) is 12.1 Å². The number of hydrogen-bond donors (Lipinski definition) is 4. The van der Waals surface area contributed by atoms with Crippen LogP contribution in [0, 0.1) is 0 Å². The Kier molecular flexibility index (Phi) is 4.65. The van der Waals surface area contributed by atoms with E-state index < -0.39 is 42.9 Å². The van der Waals surface area contributed by atoms with Crippen molar-refractivity contribution in [2.75, 3.05) is 11.9 Å². The average molecular weight is 386 g/mol. The molecule has 1 saturated heterocycles. The molecule has 4 rings (SSSR count). The lowest BCUT2D eigenvalue weighted by molar-refractivity contribution is -0.0511. The Labute approximate surface area is 157 Å². The molecule has 0 saturated carbocycles. The summed E-state index contributed by atoms with van der Waals surface area (Å²) in [5, 5.41) is 44.0. The number of ether oxygens (including phenoxy) is 1. The maximum atomic E-state index is 12.3. The van der Waals surface area contributed by atoms with E-state index in [1.807, 2.05) is 0 Å². The zero-order valence-corrected chi connectivity index (χ0v) is 14.3. The maximum Gasteiger partial charge on any atom is 0.302 e. The molecule has 1 amide bonds. The van der Waals surface area contributed by atoms with E-state index in [9.17, 15) is 25.2 Å². The highest BCUT2D eigenvalue weighted by molar-refractivity contribution is 6.03. The molecule has 0 aliphatic carbocycles. The summed E-state index contributed by atoms with van der Waals surface area (Å²) in [6.45, 7) is -0.498. The van der Waals surface area contributed by atoms with Gasteiger partial charge in [0.15, 0.2) is 17.4 Å². The molecule has 11 nitrogen and oxygen atoms in total. The molecule has 28 heavy (non-hydrogen) atoms. The van der Waals surface area contributed by atoms with Gasteiger partial charge < -0.3 is 20.1 Å². The van der Waals surface area contributed by atoms with Crippen molar-refractivity contribution < 1.29 is 30.0 Å². The Bertz CT molecular complexity index is 1010. The van der Waals surface area contributed by atoms with Crippen molar-refractivity contribution in [1.29, 1.82) is 0 Å². The standard InChI is InChI=1S/C17H16N5O6/c23-6-9-11(24)12(25)16(28-9)22-7-18-10-13(22)19-17(21-15(10)27)20-14(26)8-4-2-1-3-5-8/h1-5,7,9,11-12,16,23-25H,6H2,(H,19,20,21,26). The monoisotopic (exact) mass is 386 g/mol. The summed E-state index contributed by atoms with van der Waals surface area (Å²) in [7, 11) is 0. The second-order valence-electron chi connectivity index (χ2n) is 6.23. The van der Waals surface area contributed by atoms with Gasteiger partial charge in [0.25, 0.3) is 5.91 Å². The molecule has 0 bridgehead atoms. The van der Waals surface area contributed by atoms with Gasteiger partial charge in [0.2, 0.25) is 5.95 Å². The molecule has 1 aliphatic heterocycles. The maximum absolute atomic E-state index is 12.3. The van der Waals surface area contributed by atoms with Crippen LogP contribution in [-0.2, 0) is 9.84 Å². The Morgan fingerprint density at radius 2 is 1.93 bits per heavy atom. The van der Waals surface area contributed by atoms with Crippen molar-refractivity contribution in [2.45, 2.75) is 24.5 Å². The fourth-order valence-corrected chi connectivity index (χ4v) is 3.01. The van der Waals surface area contributed by atoms with Gasteiger partial charge in [0, 0.05) is 5.56 Å². The van der Waals surface area contributed by atoms with Gasteiger partial charge in [-0.25, -0.2) is 4.98 Å². The molecule has 2 aromatic heterocycles. The van der Waals surface area contributed by atoms with Crippen LogP contribution in [0.5, 0.6) is 5.88 Å². The first-order chi connectivity index (χ1) is 13.5. The van der Waals surface area contributed by atoms with Crippen LogP contribution in [0.4, 0.5) is 5.95 Å². The minimum absolute atomic E-state index is 0.0122. The number of nitrogens with one attached hydrogen (secondary N) is 1. The molecule has 0 spiro atoms. The smallest absolute Gasteiger partial charge is 0.302 e. The highest BCUT2D eigenvalue weighted by Gasteiger charge is 2.44. The van der Waals surface area contributed by atoms with Gasteiger partial charge >= 0.3 is 5.88 Å². The molecule has 1 radical (unpaired) electrons. The van der Waals surface area contributed by atoms with Crippen LogP contribution < -0.4 is 5.32 Å². The predicted octanol–water partition coefficient (Wildman–Crippen LogP) is -0.166. The normalized spacial score (nSPS) is 24.5. The summed E-state index contributed by atoms with van der Waals surface area (Å²) in [6.07, 6.45) is -3.60. The lowest BCUT2D eigenvalue weighted by atomic mass is 10.1. The van der Waals surface area contributed by atoms with Gasteiger partial charge in [-0.3, -0.25) is 19.8 Å². The zero-order chi connectivity index (χ0) is 19.8. The van der Waals surface area contributed by atoms with E-state index in [1.54, 1.807) is 30.3 Å². The number of rotatable bonds is 4. The number of nitrogens with zero attached hydrogens (tertiary/aromatic N) is 4. The van der Waals surface area contributed by atoms with Crippen molar-refractivity contribution in [1.82, 2.24) is 19.5 Å². The molecule has 4 atom stereocenters. The number of hydrogen-bond acceptors (Lipinski definition) is 8. The summed E-state index contributed by atoms with van der Waals surface area (Å²) in [4.78, 5) is 24.0. The van der Waals surface area contributed by atoms with Crippen molar-refractivity contribution in [3.8, 4) is 5.88 Å². The van der Waals surface area contributed by atoms with Gasteiger partial charge in [-0.2, -0.15) is 9.97 Å². The zero-order valence-electron chi connectivity index (χ0n) is 14.3. The molecule has 4 unspecified atom stereocenters. The molecular formula is C17H16N5O6. The predicted molar refractivity (Wildman–Crippen MR) is 92.9 cm³/mol. The molecular weight excluding hydrogens is 370 g/mol. The van der Waals surface area contributed by atoms with E-state index in [0.717, 1.165) is 0 Å². The summed E-state index contributed by atoms with van der Waals surface area (Å²) >= 11 is 0. The number of carbonyl (C=O) groups is 1. The quantitative estimate of drug-likeness (QED) is 0.480.